The van der Waals surface area contributed by atoms with Gasteiger partial charge in [-0.15, -0.1) is 11.3 Å². The van der Waals surface area contributed by atoms with Crippen LogP contribution in [0.1, 0.15) is 26.4 Å². The van der Waals surface area contributed by atoms with Gasteiger partial charge in [0, 0.05) is 50.3 Å². The van der Waals surface area contributed by atoms with Gasteiger partial charge in [-0.05, 0) is 42.0 Å². The lowest BCUT2D eigenvalue weighted by Crippen LogP contribution is -2.49. The van der Waals surface area contributed by atoms with E-state index in [4.69, 9.17) is 0 Å². The average molecular weight is 422 g/mol. The highest BCUT2D eigenvalue weighted by Gasteiger charge is 2.26. The number of hydrogen-bond acceptors (Lipinski definition) is 4. The molecule has 1 aromatic carbocycles. The minimum atomic E-state index is -0.183. The number of aryl methyl sites for hydroxylation is 3. The Labute approximate surface area is 181 Å². The molecule has 0 bridgehead atoms. The van der Waals surface area contributed by atoms with Gasteiger partial charge in [0.15, 0.2) is 0 Å². The average Bonchev–Trinajstić information content (AvgIpc) is 3.27. The molecule has 0 radical (unpaired) electrons. The molecular weight excluding hydrogens is 394 g/mol. The van der Waals surface area contributed by atoms with E-state index >= 15 is 0 Å². The number of nitrogens with zero attached hydrogens (tertiary/aromatic N) is 3. The number of benzene rings is 1. The first-order chi connectivity index (χ1) is 14.6. The summed E-state index contributed by atoms with van der Waals surface area (Å²) in [5.74, 6) is -0.137. The van der Waals surface area contributed by atoms with Crippen molar-refractivity contribution in [1.29, 1.82) is 0 Å². The van der Waals surface area contributed by atoms with E-state index in [-0.39, 0.29) is 11.5 Å². The van der Waals surface area contributed by atoms with Crippen molar-refractivity contribution in [2.45, 2.75) is 26.4 Å². The molecule has 3 heterocycles. The van der Waals surface area contributed by atoms with Crippen molar-refractivity contribution in [3.63, 3.8) is 0 Å². The predicted octanol–water partition coefficient (Wildman–Crippen LogP) is 3.42. The third-order valence-electron chi connectivity index (χ3n) is 5.69. The number of amides is 1. The third kappa shape index (κ3) is 4.71. The van der Waals surface area contributed by atoms with Crippen LogP contribution < -0.4 is 5.56 Å². The summed E-state index contributed by atoms with van der Waals surface area (Å²) in [6.07, 6.45) is 2.56. The number of pyridine rings is 1. The Kier molecular flexibility index (Phi) is 6.45. The standard InChI is InChI=1S/C24H27N3O2S/c1-19-9-11-26(12-10-20-6-3-2-4-7-20)23(28)22(19)24(29)27-15-13-25(14-16-27)18-21-8-5-17-30-21/h2-9,11,17H,10,12-16,18H2,1H3. The smallest absolute Gasteiger partial charge is 0.263 e. The van der Waals surface area contributed by atoms with Crippen LogP contribution in [0.2, 0.25) is 0 Å². The molecule has 6 heteroatoms. The van der Waals surface area contributed by atoms with E-state index in [9.17, 15) is 9.59 Å². The van der Waals surface area contributed by atoms with Gasteiger partial charge in [-0.2, -0.15) is 0 Å². The molecule has 0 N–H and O–H groups in total. The van der Waals surface area contributed by atoms with Gasteiger partial charge in [0.2, 0.25) is 0 Å². The van der Waals surface area contributed by atoms with Crippen LogP contribution in [0.4, 0.5) is 0 Å². The second kappa shape index (κ2) is 9.41. The van der Waals surface area contributed by atoms with E-state index in [0.717, 1.165) is 31.6 Å². The summed E-state index contributed by atoms with van der Waals surface area (Å²) in [7, 11) is 0. The molecule has 0 atom stereocenters. The number of hydrogen-bond donors (Lipinski definition) is 0. The van der Waals surface area contributed by atoms with Crippen LogP contribution >= 0.6 is 11.3 Å². The number of carbonyl (C=O) groups is 1. The van der Waals surface area contributed by atoms with Crippen LogP contribution in [0, 0.1) is 6.92 Å². The molecule has 0 unspecified atom stereocenters. The molecule has 156 valence electrons. The largest absolute Gasteiger partial charge is 0.336 e. The molecular formula is C24H27N3O2S. The molecule has 1 saturated heterocycles. The maximum Gasteiger partial charge on any atom is 0.263 e. The molecule has 1 amide bonds. The molecule has 0 saturated carbocycles. The number of piperazine rings is 1. The van der Waals surface area contributed by atoms with Crippen molar-refractivity contribution in [3.05, 3.63) is 92.0 Å². The molecule has 30 heavy (non-hydrogen) atoms. The molecule has 1 aliphatic rings. The van der Waals surface area contributed by atoms with E-state index in [1.807, 2.05) is 36.1 Å². The number of aromatic nitrogens is 1. The molecule has 3 aromatic rings. The Bertz CT molecular complexity index is 1040. The Balaban J connectivity index is 1.43. The molecule has 4 rings (SSSR count). The highest BCUT2D eigenvalue weighted by molar-refractivity contribution is 7.09. The first-order valence-electron chi connectivity index (χ1n) is 10.4. The fourth-order valence-corrected chi connectivity index (χ4v) is 4.63. The predicted molar refractivity (Wildman–Crippen MR) is 121 cm³/mol. The molecule has 0 aliphatic carbocycles. The Morgan fingerprint density at radius 1 is 1.00 bits per heavy atom. The molecule has 5 nitrogen and oxygen atoms in total. The minimum Gasteiger partial charge on any atom is -0.336 e. The second-order valence-corrected chi connectivity index (χ2v) is 8.79. The van der Waals surface area contributed by atoms with Gasteiger partial charge < -0.3 is 9.47 Å². The van der Waals surface area contributed by atoms with Crippen molar-refractivity contribution < 1.29 is 4.79 Å². The van der Waals surface area contributed by atoms with Crippen molar-refractivity contribution in [2.24, 2.45) is 0 Å². The summed E-state index contributed by atoms with van der Waals surface area (Å²) in [6, 6.07) is 16.2. The topological polar surface area (TPSA) is 45.6 Å². The zero-order chi connectivity index (χ0) is 20.9. The van der Waals surface area contributed by atoms with Gasteiger partial charge in [0.05, 0.1) is 0 Å². The molecule has 1 aliphatic heterocycles. The lowest BCUT2D eigenvalue weighted by atomic mass is 10.1. The van der Waals surface area contributed by atoms with Crippen LogP contribution in [-0.4, -0.2) is 46.5 Å². The monoisotopic (exact) mass is 421 g/mol. The highest BCUT2D eigenvalue weighted by Crippen LogP contribution is 2.15. The zero-order valence-corrected chi connectivity index (χ0v) is 18.1. The second-order valence-electron chi connectivity index (χ2n) is 7.76. The van der Waals surface area contributed by atoms with Crippen molar-refractivity contribution in [3.8, 4) is 0 Å². The van der Waals surface area contributed by atoms with Gasteiger partial charge in [-0.1, -0.05) is 36.4 Å². The molecule has 2 aromatic heterocycles. The minimum absolute atomic E-state index is 0.137. The first kappa shape index (κ1) is 20.6. The summed E-state index contributed by atoms with van der Waals surface area (Å²) < 4.78 is 1.67. The van der Waals surface area contributed by atoms with Crippen molar-refractivity contribution >= 4 is 17.2 Å². The lowest BCUT2D eigenvalue weighted by Gasteiger charge is -2.34. The SMILES string of the molecule is Cc1ccn(CCc2ccccc2)c(=O)c1C(=O)N1CCN(Cc2cccs2)CC1. The maximum absolute atomic E-state index is 13.2. The van der Waals surface area contributed by atoms with Gasteiger partial charge in [-0.3, -0.25) is 14.5 Å². The van der Waals surface area contributed by atoms with Gasteiger partial charge >= 0.3 is 0 Å². The number of thiophene rings is 1. The highest BCUT2D eigenvalue weighted by atomic mass is 32.1. The van der Waals surface area contributed by atoms with Crippen LogP contribution in [-0.2, 0) is 19.5 Å². The van der Waals surface area contributed by atoms with Crippen LogP contribution in [0.25, 0.3) is 0 Å². The fraction of sp³-hybridized carbons (Fsp3) is 0.333. The Hall–Kier alpha value is -2.70. The van der Waals surface area contributed by atoms with Gasteiger partial charge in [0.1, 0.15) is 5.56 Å². The summed E-state index contributed by atoms with van der Waals surface area (Å²) >= 11 is 1.76. The van der Waals surface area contributed by atoms with E-state index in [1.54, 1.807) is 22.1 Å². The maximum atomic E-state index is 13.2. The molecule has 1 fully saturated rings. The lowest BCUT2D eigenvalue weighted by molar-refractivity contribution is 0.0626. The fourth-order valence-electron chi connectivity index (χ4n) is 3.89. The van der Waals surface area contributed by atoms with Gasteiger partial charge in [0.25, 0.3) is 11.5 Å². The summed E-state index contributed by atoms with van der Waals surface area (Å²) in [6.45, 7) is 6.32. The van der Waals surface area contributed by atoms with Crippen molar-refractivity contribution in [1.82, 2.24) is 14.4 Å². The first-order valence-corrected chi connectivity index (χ1v) is 11.3. The third-order valence-corrected chi connectivity index (χ3v) is 6.55. The zero-order valence-electron chi connectivity index (χ0n) is 17.3. The summed E-state index contributed by atoms with van der Waals surface area (Å²) in [4.78, 5) is 31.8. The molecule has 0 spiro atoms. The number of rotatable bonds is 6. The Morgan fingerprint density at radius 2 is 1.77 bits per heavy atom. The van der Waals surface area contributed by atoms with Crippen molar-refractivity contribution in [2.75, 3.05) is 26.2 Å². The van der Waals surface area contributed by atoms with E-state index < -0.39 is 0 Å². The van der Waals surface area contributed by atoms with E-state index in [1.165, 1.54) is 10.4 Å². The van der Waals surface area contributed by atoms with Gasteiger partial charge in [-0.25, -0.2) is 0 Å². The quantitative estimate of drug-likeness (QED) is 0.613. The normalized spacial score (nSPS) is 14.8. The summed E-state index contributed by atoms with van der Waals surface area (Å²) in [5, 5.41) is 2.09. The Morgan fingerprint density at radius 3 is 2.47 bits per heavy atom. The van der Waals surface area contributed by atoms with Crippen LogP contribution in [0.5, 0.6) is 0 Å². The van der Waals surface area contributed by atoms with Crippen LogP contribution in [0.3, 0.4) is 0 Å². The number of carbonyl (C=O) groups excluding carboxylic acids is 1. The van der Waals surface area contributed by atoms with E-state index in [0.29, 0.717) is 25.2 Å². The summed E-state index contributed by atoms with van der Waals surface area (Å²) in [5.41, 5.74) is 2.07. The van der Waals surface area contributed by atoms with E-state index in [2.05, 4.69) is 34.5 Å². The van der Waals surface area contributed by atoms with Crippen LogP contribution in [0.15, 0.2) is 64.9 Å².